The Balaban J connectivity index is 1.67. The number of methoxy groups -OCH3 is 1. The van der Waals surface area contributed by atoms with Gasteiger partial charge in [-0.2, -0.15) is 9.78 Å². The Morgan fingerprint density at radius 2 is 1.92 bits per heavy atom. The van der Waals surface area contributed by atoms with Crippen molar-refractivity contribution in [2.24, 2.45) is 5.10 Å². The first-order valence-corrected chi connectivity index (χ1v) is 8.24. The molecule has 0 saturated heterocycles. The van der Waals surface area contributed by atoms with E-state index in [0.717, 1.165) is 26.9 Å². The molecule has 118 valence electrons. The number of aromatic nitrogens is 3. The van der Waals surface area contributed by atoms with Crippen LogP contribution in [0.15, 0.2) is 69.8 Å². The smallest absolute Gasteiger partial charge is 0.217 e. The fourth-order valence-corrected chi connectivity index (χ4v) is 3.21. The van der Waals surface area contributed by atoms with Crippen LogP contribution in [-0.4, -0.2) is 28.2 Å². The Kier molecular flexibility index (Phi) is 3.88. The van der Waals surface area contributed by atoms with Crippen LogP contribution >= 0.6 is 11.8 Å². The first-order chi connectivity index (χ1) is 11.8. The molecule has 4 rings (SSSR count). The Hall–Kier alpha value is -2.86. The summed E-state index contributed by atoms with van der Waals surface area (Å²) < 4.78 is 7.02. The Bertz CT molecular complexity index is 931. The molecular weight excluding hydrogens is 320 g/mol. The molecule has 6 heteroatoms. The van der Waals surface area contributed by atoms with Gasteiger partial charge in [0.05, 0.1) is 13.3 Å². The highest BCUT2D eigenvalue weighted by Crippen LogP contribution is 2.32. The molecule has 5 nitrogen and oxygen atoms in total. The predicted molar refractivity (Wildman–Crippen MR) is 96.2 cm³/mol. The van der Waals surface area contributed by atoms with E-state index >= 15 is 0 Å². The zero-order valence-corrected chi connectivity index (χ0v) is 13.8. The Morgan fingerprint density at radius 1 is 1.04 bits per heavy atom. The van der Waals surface area contributed by atoms with Crippen molar-refractivity contribution in [2.45, 2.75) is 5.16 Å². The van der Waals surface area contributed by atoms with E-state index in [4.69, 9.17) is 4.74 Å². The van der Waals surface area contributed by atoms with E-state index in [9.17, 15) is 0 Å². The van der Waals surface area contributed by atoms with Crippen LogP contribution in [0.25, 0.3) is 17.5 Å². The van der Waals surface area contributed by atoms with Crippen LogP contribution < -0.4 is 4.74 Å². The number of benzene rings is 2. The molecule has 24 heavy (non-hydrogen) atoms. The molecule has 3 aromatic rings. The maximum absolute atomic E-state index is 5.27. The van der Waals surface area contributed by atoms with Crippen LogP contribution in [-0.2, 0) is 0 Å². The van der Waals surface area contributed by atoms with Crippen LogP contribution in [0.5, 0.6) is 5.75 Å². The highest BCUT2D eigenvalue weighted by atomic mass is 32.2. The number of hydrogen-bond donors (Lipinski definition) is 0. The van der Waals surface area contributed by atoms with Gasteiger partial charge in [0.2, 0.25) is 5.16 Å². The van der Waals surface area contributed by atoms with Crippen molar-refractivity contribution in [1.29, 1.82) is 0 Å². The van der Waals surface area contributed by atoms with Crippen molar-refractivity contribution < 1.29 is 4.74 Å². The Morgan fingerprint density at radius 3 is 2.75 bits per heavy atom. The van der Waals surface area contributed by atoms with Crippen molar-refractivity contribution in [3.05, 3.63) is 65.1 Å². The number of hydrogen-bond acceptors (Lipinski definition) is 5. The molecule has 1 aromatic heterocycles. The molecule has 0 N–H and O–H groups in total. The quantitative estimate of drug-likeness (QED) is 0.728. The highest BCUT2D eigenvalue weighted by molar-refractivity contribution is 8.04. The Labute approximate surface area is 143 Å². The summed E-state index contributed by atoms with van der Waals surface area (Å²) in [5, 5.41) is 13.8. The summed E-state index contributed by atoms with van der Waals surface area (Å²) in [5.41, 5.74) is 2.05. The zero-order valence-electron chi connectivity index (χ0n) is 13.0. The molecule has 1 aliphatic rings. The van der Waals surface area contributed by atoms with Gasteiger partial charge in [-0.05, 0) is 35.5 Å². The van der Waals surface area contributed by atoms with Crippen molar-refractivity contribution >= 4 is 24.1 Å². The second-order valence-electron chi connectivity index (χ2n) is 5.15. The van der Waals surface area contributed by atoms with Gasteiger partial charge in [-0.1, -0.05) is 42.5 Å². The second kappa shape index (κ2) is 6.33. The molecule has 0 aliphatic carbocycles. The summed E-state index contributed by atoms with van der Waals surface area (Å²) in [4.78, 5) is 1.03. The van der Waals surface area contributed by atoms with Gasteiger partial charge in [0.15, 0.2) is 5.82 Å². The summed E-state index contributed by atoms with van der Waals surface area (Å²) in [7, 11) is 1.65. The van der Waals surface area contributed by atoms with E-state index in [1.54, 1.807) is 23.5 Å². The molecule has 1 aliphatic heterocycles. The SMILES string of the molecule is COc1cccc(-c2nnc3n2N=C/C(=C/c2ccccc2)S3)c1. The maximum Gasteiger partial charge on any atom is 0.217 e. The van der Waals surface area contributed by atoms with E-state index < -0.39 is 0 Å². The molecule has 0 unspecified atom stereocenters. The fraction of sp³-hybridized carbons (Fsp3) is 0.0556. The molecule has 0 saturated carbocycles. The molecule has 2 heterocycles. The zero-order chi connectivity index (χ0) is 16.4. The van der Waals surface area contributed by atoms with Gasteiger partial charge < -0.3 is 4.74 Å². The van der Waals surface area contributed by atoms with Crippen molar-refractivity contribution in [1.82, 2.24) is 14.9 Å². The molecule has 0 fully saturated rings. The van der Waals surface area contributed by atoms with E-state index in [2.05, 4.69) is 33.5 Å². The van der Waals surface area contributed by atoms with E-state index in [1.165, 1.54) is 0 Å². The summed E-state index contributed by atoms with van der Waals surface area (Å²) in [6.07, 6.45) is 3.91. The third-order valence-corrected chi connectivity index (χ3v) is 4.45. The van der Waals surface area contributed by atoms with Gasteiger partial charge in [-0.25, -0.2) is 0 Å². The van der Waals surface area contributed by atoms with Crippen LogP contribution in [0.1, 0.15) is 5.56 Å². The average molecular weight is 334 g/mol. The summed E-state index contributed by atoms with van der Waals surface area (Å²) >= 11 is 1.55. The second-order valence-corrected chi connectivity index (χ2v) is 6.19. The standard InChI is InChI=1S/C18H14N4OS/c1-23-15-9-5-8-14(11-15)17-20-21-18-22(17)19-12-16(24-18)10-13-6-3-2-4-7-13/h2-12H,1H3/b16-10-. The number of rotatable bonds is 3. The number of fused-ring (bicyclic) bond motifs is 1. The van der Waals surface area contributed by atoms with Gasteiger partial charge in [-0.15, -0.1) is 10.2 Å². The minimum absolute atomic E-state index is 0.700. The largest absolute Gasteiger partial charge is 0.497 e. The number of allylic oxidation sites excluding steroid dienone is 1. The van der Waals surface area contributed by atoms with Crippen molar-refractivity contribution in [3.8, 4) is 17.1 Å². The van der Waals surface area contributed by atoms with Crippen molar-refractivity contribution in [3.63, 3.8) is 0 Å². The van der Waals surface area contributed by atoms with E-state index in [0.29, 0.717) is 5.82 Å². The van der Waals surface area contributed by atoms with Crippen molar-refractivity contribution in [2.75, 3.05) is 7.11 Å². The minimum Gasteiger partial charge on any atom is -0.497 e. The normalized spacial score (nSPS) is 14.6. The molecule has 0 atom stereocenters. The van der Waals surface area contributed by atoms with Crippen LogP contribution in [0.4, 0.5) is 0 Å². The lowest BCUT2D eigenvalue weighted by Crippen LogP contribution is -2.01. The number of nitrogens with zero attached hydrogens (tertiary/aromatic N) is 4. The van der Waals surface area contributed by atoms with Gasteiger partial charge in [-0.3, -0.25) is 0 Å². The van der Waals surface area contributed by atoms with Crippen LogP contribution in [0.3, 0.4) is 0 Å². The monoisotopic (exact) mass is 334 g/mol. The van der Waals surface area contributed by atoms with E-state index in [1.807, 2.05) is 48.7 Å². The molecule has 0 radical (unpaired) electrons. The van der Waals surface area contributed by atoms with Gasteiger partial charge >= 0.3 is 0 Å². The predicted octanol–water partition coefficient (Wildman–Crippen LogP) is 3.93. The highest BCUT2D eigenvalue weighted by Gasteiger charge is 2.18. The topological polar surface area (TPSA) is 52.3 Å². The third-order valence-electron chi connectivity index (χ3n) is 3.56. The van der Waals surface area contributed by atoms with E-state index in [-0.39, 0.29) is 0 Å². The first-order valence-electron chi connectivity index (χ1n) is 7.42. The minimum atomic E-state index is 0.700. The molecule has 0 spiro atoms. The fourth-order valence-electron chi connectivity index (χ4n) is 2.40. The summed E-state index contributed by atoms with van der Waals surface area (Å²) in [6, 6.07) is 17.9. The molecule has 0 amide bonds. The lowest BCUT2D eigenvalue weighted by Gasteiger charge is -2.10. The van der Waals surface area contributed by atoms with Gasteiger partial charge in [0.25, 0.3) is 0 Å². The lowest BCUT2D eigenvalue weighted by molar-refractivity contribution is 0.415. The molecular formula is C18H14N4OS. The molecule has 2 aromatic carbocycles. The third kappa shape index (κ3) is 2.83. The maximum atomic E-state index is 5.27. The van der Waals surface area contributed by atoms with Gasteiger partial charge in [0, 0.05) is 10.5 Å². The lowest BCUT2D eigenvalue weighted by atomic mass is 10.2. The summed E-state index contributed by atoms with van der Waals surface area (Å²) in [6.45, 7) is 0. The number of thioether (sulfide) groups is 1. The summed E-state index contributed by atoms with van der Waals surface area (Å²) in [5.74, 6) is 1.48. The number of ether oxygens (including phenoxy) is 1. The van der Waals surface area contributed by atoms with Gasteiger partial charge in [0.1, 0.15) is 5.75 Å². The average Bonchev–Trinajstić information content (AvgIpc) is 3.06. The van der Waals surface area contributed by atoms with Crippen LogP contribution in [0, 0.1) is 0 Å². The van der Waals surface area contributed by atoms with Crippen LogP contribution in [0.2, 0.25) is 0 Å². The first kappa shape index (κ1) is 14.7. The molecule has 0 bridgehead atoms.